The van der Waals surface area contributed by atoms with E-state index in [0.717, 1.165) is 18.5 Å². The van der Waals surface area contributed by atoms with Gasteiger partial charge < -0.3 is 29.9 Å². The number of benzene rings is 1. The molecule has 1 aromatic rings. The van der Waals surface area contributed by atoms with Gasteiger partial charge in [-0.05, 0) is 12.8 Å². The van der Waals surface area contributed by atoms with E-state index in [9.17, 15) is 9.90 Å². The Bertz CT molecular complexity index is 563. The Labute approximate surface area is 128 Å². The molecule has 0 bridgehead atoms. The van der Waals surface area contributed by atoms with Gasteiger partial charge in [-0.15, -0.1) is 0 Å². The van der Waals surface area contributed by atoms with E-state index in [4.69, 9.17) is 14.6 Å². The second-order valence-corrected chi connectivity index (χ2v) is 5.44. The van der Waals surface area contributed by atoms with Crippen molar-refractivity contribution in [1.29, 1.82) is 0 Å². The average molecular weight is 308 g/mol. The third-order valence-corrected chi connectivity index (χ3v) is 3.84. The van der Waals surface area contributed by atoms with Crippen LogP contribution in [0.5, 0.6) is 11.5 Å². The first kappa shape index (κ1) is 14.9. The lowest BCUT2D eigenvalue weighted by molar-refractivity contribution is -0.119. The van der Waals surface area contributed by atoms with Gasteiger partial charge in [0.1, 0.15) is 0 Å². The fourth-order valence-corrected chi connectivity index (χ4v) is 2.65. The van der Waals surface area contributed by atoms with Crippen molar-refractivity contribution in [2.75, 3.05) is 36.7 Å². The molecule has 1 aromatic carbocycles. The summed E-state index contributed by atoms with van der Waals surface area (Å²) in [6.07, 6.45) is 1.54. The molecule has 1 unspecified atom stereocenters. The number of amides is 1. The molecule has 0 spiro atoms. The summed E-state index contributed by atoms with van der Waals surface area (Å²) in [5.41, 5.74) is 1.41. The molecule has 7 heteroatoms. The van der Waals surface area contributed by atoms with E-state index >= 15 is 0 Å². The van der Waals surface area contributed by atoms with E-state index in [1.807, 2.05) is 0 Å². The molecule has 22 heavy (non-hydrogen) atoms. The van der Waals surface area contributed by atoms with Crippen molar-refractivity contribution >= 4 is 17.3 Å². The molecular weight excluding hydrogens is 288 g/mol. The first-order chi connectivity index (χ1) is 10.7. The number of carbonyl (C=O) groups excluding carboxylic acids is 1. The Morgan fingerprint density at radius 3 is 2.77 bits per heavy atom. The Morgan fingerprint density at radius 2 is 2.05 bits per heavy atom. The molecular formula is C15H20N2O5. The van der Waals surface area contributed by atoms with Crippen LogP contribution in [0.2, 0.25) is 0 Å². The van der Waals surface area contributed by atoms with Crippen molar-refractivity contribution in [2.45, 2.75) is 25.4 Å². The van der Waals surface area contributed by atoms with Crippen LogP contribution in [0.3, 0.4) is 0 Å². The summed E-state index contributed by atoms with van der Waals surface area (Å²) in [5.74, 6) is 1.30. The number of aliphatic hydroxyl groups excluding tert-OH is 2. The van der Waals surface area contributed by atoms with Crippen molar-refractivity contribution in [1.82, 2.24) is 0 Å². The minimum atomic E-state index is -0.865. The molecule has 2 aliphatic heterocycles. The van der Waals surface area contributed by atoms with Crippen LogP contribution < -0.4 is 19.7 Å². The highest BCUT2D eigenvalue weighted by Gasteiger charge is 2.26. The van der Waals surface area contributed by atoms with Gasteiger partial charge in [-0.1, -0.05) is 0 Å². The molecule has 1 amide bonds. The number of aliphatic hydroxyl groups is 2. The number of hydrogen-bond donors (Lipinski definition) is 3. The van der Waals surface area contributed by atoms with E-state index in [1.54, 1.807) is 17.0 Å². The molecule has 1 saturated heterocycles. The van der Waals surface area contributed by atoms with Crippen LogP contribution in [0.25, 0.3) is 0 Å². The van der Waals surface area contributed by atoms with Gasteiger partial charge in [0.25, 0.3) is 0 Å². The van der Waals surface area contributed by atoms with Crippen molar-refractivity contribution in [2.24, 2.45) is 0 Å². The number of nitrogens with zero attached hydrogens (tertiary/aromatic N) is 1. The zero-order valence-corrected chi connectivity index (χ0v) is 12.2. The maximum absolute atomic E-state index is 12.2. The maximum Gasteiger partial charge on any atom is 0.231 e. The van der Waals surface area contributed by atoms with Gasteiger partial charge in [0.05, 0.1) is 24.1 Å². The second kappa shape index (κ2) is 6.41. The first-order valence-electron chi connectivity index (χ1n) is 7.46. The topological polar surface area (TPSA) is 91.3 Å². The summed E-state index contributed by atoms with van der Waals surface area (Å²) >= 11 is 0. The van der Waals surface area contributed by atoms with Crippen LogP contribution in [0.15, 0.2) is 12.1 Å². The molecule has 3 rings (SSSR count). The number of piperidine rings is 1. The minimum absolute atomic E-state index is 0.0795. The molecule has 0 aromatic heterocycles. The molecule has 0 radical (unpaired) electrons. The maximum atomic E-state index is 12.2. The second-order valence-electron chi connectivity index (χ2n) is 5.44. The number of nitrogens with one attached hydrogen (secondary N) is 1. The van der Waals surface area contributed by atoms with Gasteiger partial charge >= 0.3 is 0 Å². The highest BCUT2D eigenvalue weighted by Crippen LogP contribution is 2.42. The zero-order valence-electron chi connectivity index (χ0n) is 12.2. The van der Waals surface area contributed by atoms with Crippen molar-refractivity contribution in [3.05, 3.63) is 12.1 Å². The van der Waals surface area contributed by atoms with Crippen LogP contribution in [0, 0.1) is 0 Å². The summed E-state index contributed by atoms with van der Waals surface area (Å²) in [5, 5.41) is 21.5. The SMILES string of the molecule is O=C1CCCCN1c1cc2c(cc1NCC(O)CO)OCO2. The van der Waals surface area contributed by atoms with E-state index < -0.39 is 6.10 Å². The predicted molar refractivity (Wildman–Crippen MR) is 80.4 cm³/mol. The normalized spacial score (nSPS) is 18.5. The lowest BCUT2D eigenvalue weighted by Gasteiger charge is -2.29. The van der Waals surface area contributed by atoms with E-state index in [-0.39, 0.29) is 25.9 Å². The van der Waals surface area contributed by atoms with E-state index in [2.05, 4.69) is 5.32 Å². The fourth-order valence-electron chi connectivity index (χ4n) is 2.65. The monoisotopic (exact) mass is 308 g/mol. The van der Waals surface area contributed by atoms with Gasteiger partial charge in [0.2, 0.25) is 12.7 Å². The predicted octanol–water partition coefficient (Wildman–Crippen LogP) is 0.697. The molecule has 120 valence electrons. The summed E-state index contributed by atoms with van der Waals surface area (Å²) < 4.78 is 10.8. The number of hydrogen-bond acceptors (Lipinski definition) is 6. The van der Waals surface area contributed by atoms with Gasteiger partial charge in [0, 0.05) is 31.6 Å². The number of rotatable bonds is 5. The quantitative estimate of drug-likeness (QED) is 0.741. The fraction of sp³-hybridized carbons (Fsp3) is 0.533. The average Bonchev–Trinajstić information content (AvgIpc) is 2.99. The third-order valence-electron chi connectivity index (χ3n) is 3.84. The highest BCUT2D eigenvalue weighted by atomic mass is 16.7. The van der Waals surface area contributed by atoms with E-state index in [0.29, 0.717) is 30.2 Å². The highest BCUT2D eigenvalue weighted by molar-refractivity contribution is 5.98. The Balaban J connectivity index is 1.90. The lowest BCUT2D eigenvalue weighted by atomic mass is 10.1. The minimum Gasteiger partial charge on any atom is -0.454 e. The van der Waals surface area contributed by atoms with Crippen LogP contribution in [0.1, 0.15) is 19.3 Å². The van der Waals surface area contributed by atoms with Gasteiger partial charge in [-0.25, -0.2) is 0 Å². The van der Waals surface area contributed by atoms with Gasteiger partial charge in [-0.2, -0.15) is 0 Å². The Kier molecular flexibility index (Phi) is 4.35. The molecule has 1 atom stereocenters. The molecule has 0 aliphatic carbocycles. The lowest BCUT2D eigenvalue weighted by Crippen LogP contribution is -2.36. The molecule has 7 nitrogen and oxygen atoms in total. The number of fused-ring (bicyclic) bond motifs is 1. The van der Waals surface area contributed by atoms with Crippen molar-refractivity contribution in [3.63, 3.8) is 0 Å². The summed E-state index contributed by atoms with van der Waals surface area (Å²) in [7, 11) is 0. The number of ether oxygens (including phenoxy) is 2. The van der Waals surface area contributed by atoms with Crippen molar-refractivity contribution < 1.29 is 24.5 Å². The standard InChI is InChI=1S/C15H20N2O5/c18-8-10(19)7-16-11-5-13-14(22-9-21-13)6-12(11)17-4-2-1-3-15(17)20/h5-6,10,16,18-19H,1-4,7-9H2. The van der Waals surface area contributed by atoms with Crippen LogP contribution in [-0.4, -0.2) is 48.7 Å². The summed E-state index contributed by atoms with van der Waals surface area (Å²) in [6.45, 7) is 0.682. The number of anilines is 2. The first-order valence-corrected chi connectivity index (χ1v) is 7.46. The largest absolute Gasteiger partial charge is 0.454 e. The number of carbonyl (C=O) groups is 1. The Morgan fingerprint density at radius 1 is 1.27 bits per heavy atom. The molecule has 2 heterocycles. The van der Waals surface area contributed by atoms with E-state index in [1.165, 1.54) is 0 Å². The smallest absolute Gasteiger partial charge is 0.231 e. The molecule has 0 saturated carbocycles. The van der Waals surface area contributed by atoms with Crippen LogP contribution in [-0.2, 0) is 4.79 Å². The zero-order chi connectivity index (χ0) is 15.5. The molecule has 3 N–H and O–H groups in total. The third kappa shape index (κ3) is 2.95. The molecule has 2 aliphatic rings. The van der Waals surface area contributed by atoms with Gasteiger partial charge in [0.15, 0.2) is 11.5 Å². The van der Waals surface area contributed by atoms with Crippen LogP contribution in [0.4, 0.5) is 11.4 Å². The Hall–Kier alpha value is -1.99. The van der Waals surface area contributed by atoms with Crippen molar-refractivity contribution in [3.8, 4) is 11.5 Å². The van der Waals surface area contributed by atoms with Crippen LogP contribution >= 0.6 is 0 Å². The molecule has 1 fully saturated rings. The summed E-state index contributed by atoms with van der Waals surface area (Å²) in [6, 6.07) is 3.56. The summed E-state index contributed by atoms with van der Waals surface area (Å²) in [4.78, 5) is 13.9. The van der Waals surface area contributed by atoms with Gasteiger partial charge in [-0.3, -0.25) is 4.79 Å².